The Bertz CT molecular complexity index is 1460. The minimum absolute atomic E-state index is 0.0414. The van der Waals surface area contributed by atoms with Crippen LogP contribution in [-0.4, -0.2) is 82.0 Å². The van der Waals surface area contributed by atoms with Crippen LogP contribution in [0.1, 0.15) is 11.5 Å². The number of aromatic nitrogens is 6. The number of aryl methyl sites for hydroxylation is 1. The number of rotatable bonds is 7. The number of anilines is 1. The molecule has 5 heterocycles. The second-order valence-corrected chi connectivity index (χ2v) is 9.67. The molecule has 0 spiro atoms. The summed E-state index contributed by atoms with van der Waals surface area (Å²) < 4.78 is 7.17. The number of carbonyl (C=O) groups is 3. The predicted molar refractivity (Wildman–Crippen MR) is 125 cm³/mol. The van der Waals surface area contributed by atoms with Crippen molar-refractivity contribution in [2.75, 3.05) is 18.6 Å². The smallest absolute Gasteiger partial charge is 0.352 e. The third-order valence-electron chi connectivity index (χ3n) is 5.47. The van der Waals surface area contributed by atoms with E-state index in [4.69, 9.17) is 10.6 Å². The summed E-state index contributed by atoms with van der Waals surface area (Å²) in [6, 6.07) is 2.70. The number of carboxylic acids is 1. The van der Waals surface area contributed by atoms with Gasteiger partial charge >= 0.3 is 5.97 Å². The molecule has 2 atom stereocenters. The third-order valence-corrected chi connectivity index (χ3v) is 7.36. The fraction of sp³-hybridized carbons (Fsp3) is 0.316. The molecule has 2 amide bonds. The van der Waals surface area contributed by atoms with Gasteiger partial charge in [0.2, 0.25) is 11.5 Å². The molecule has 0 radical (unpaired) electrons. The number of thioether (sulfide) groups is 1. The summed E-state index contributed by atoms with van der Waals surface area (Å²) in [4.78, 5) is 47.9. The molecule has 186 valence electrons. The summed E-state index contributed by atoms with van der Waals surface area (Å²) in [5.74, 6) is -2.25. The number of aliphatic carboxylic acids is 1. The Morgan fingerprint density at radius 1 is 1.42 bits per heavy atom. The number of carboxylic acid groups (broad SMARTS) is 1. The monoisotopic (exact) mass is 531 g/mol. The van der Waals surface area contributed by atoms with Crippen LogP contribution in [0.3, 0.4) is 0 Å². The highest BCUT2D eigenvalue weighted by molar-refractivity contribution is 8.00. The molecule has 5 rings (SSSR count). The SMILES string of the molecule is CO/N=C(\C(=O)NC1C(=O)N2C(C(=O)O)=C(C[n+]3cnn4nc(C)ccc43)CS[C@H]12)c1nsc(N)n1. The highest BCUT2D eigenvalue weighted by Gasteiger charge is 2.54. The van der Waals surface area contributed by atoms with Gasteiger partial charge in [-0.15, -0.1) is 11.8 Å². The Balaban J connectivity index is 1.37. The molecule has 17 heteroatoms. The largest absolute Gasteiger partial charge is 0.477 e. The Kier molecular flexibility index (Phi) is 6.00. The molecule has 36 heavy (non-hydrogen) atoms. The van der Waals surface area contributed by atoms with Crippen molar-refractivity contribution in [2.45, 2.75) is 24.9 Å². The Hall–Kier alpha value is -4.12. The second kappa shape index (κ2) is 9.15. The first kappa shape index (κ1) is 23.6. The molecule has 3 aromatic heterocycles. The predicted octanol–water partition coefficient (Wildman–Crippen LogP) is -1.45. The molecule has 1 fully saturated rings. The second-order valence-electron chi connectivity index (χ2n) is 7.78. The molecule has 0 aliphatic carbocycles. The van der Waals surface area contributed by atoms with E-state index in [0.29, 0.717) is 17.0 Å². The molecule has 15 nitrogen and oxygen atoms in total. The van der Waals surface area contributed by atoms with Crippen LogP contribution < -0.4 is 15.6 Å². The van der Waals surface area contributed by atoms with E-state index in [9.17, 15) is 19.5 Å². The number of oxime groups is 1. The fourth-order valence-corrected chi connectivity index (χ4v) is 5.68. The van der Waals surface area contributed by atoms with Gasteiger partial charge in [0.05, 0.1) is 17.3 Å². The van der Waals surface area contributed by atoms with Crippen LogP contribution in [0.5, 0.6) is 0 Å². The zero-order valence-electron chi connectivity index (χ0n) is 18.9. The number of hydrogen-bond donors (Lipinski definition) is 3. The van der Waals surface area contributed by atoms with Gasteiger partial charge in [0.25, 0.3) is 23.8 Å². The highest BCUT2D eigenvalue weighted by Crippen LogP contribution is 2.40. The lowest BCUT2D eigenvalue weighted by Gasteiger charge is -2.49. The van der Waals surface area contributed by atoms with Crippen molar-refractivity contribution < 1.29 is 28.9 Å². The van der Waals surface area contributed by atoms with Crippen LogP contribution in [0, 0.1) is 6.92 Å². The zero-order valence-corrected chi connectivity index (χ0v) is 20.5. The lowest BCUT2D eigenvalue weighted by atomic mass is 10.0. The lowest BCUT2D eigenvalue weighted by molar-refractivity contribution is -0.664. The zero-order chi connectivity index (χ0) is 25.6. The molecular formula is C19H19N10O5S2+. The minimum atomic E-state index is -1.23. The molecule has 2 aliphatic rings. The topological polar surface area (TPSA) is 194 Å². The van der Waals surface area contributed by atoms with Crippen molar-refractivity contribution >= 4 is 57.6 Å². The Morgan fingerprint density at radius 2 is 2.22 bits per heavy atom. The number of carbonyl (C=O) groups excluding carboxylic acids is 2. The summed E-state index contributed by atoms with van der Waals surface area (Å²) in [6.45, 7) is 2.05. The van der Waals surface area contributed by atoms with Gasteiger partial charge in [0.15, 0.2) is 5.13 Å². The van der Waals surface area contributed by atoms with Gasteiger partial charge in [-0.3, -0.25) is 14.5 Å². The van der Waals surface area contributed by atoms with Crippen molar-refractivity contribution in [3.05, 3.63) is 41.2 Å². The average molecular weight is 532 g/mol. The fourth-order valence-electron chi connectivity index (χ4n) is 3.91. The normalized spacial score (nSPS) is 19.8. The molecule has 4 N–H and O–H groups in total. The first-order valence-corrected chi connectivity index (χ1v) is 12.2. The van der Waals surface area contributed by atoms with Gasteiger partial charge in [-0.2, -0.15) is 9.36 Å². The molecule has 0 saturated carbocycles. The van der Waals surface area contributed by atoms with Gasteiger partial charge in [0, 0.05) is 33.6 Å². The molecule has 1 saturated heterocycles. The van der Waals surface area contributed by atoms with Gasteiger partial charge < -0.3 is 21.0 Å². The van der Waals surface area contributed by atoms with E-state index in [2.05, 4.69) is 30.0 Å². The molecule has 2 aliphatic heterocycles. The first-order chi connectivity index (χ1) is 17.3. The number of nitrogens with one attached hydrogen (secondary N) is 1. The van der Waals surface area contributed by atoms with Crippen LogP contribution in [-0.2, 0) is 25.8 Å². The van der Waals surface area contributed by atoms with Crippen LogP contribution in [0.25, 0.3) is 5.65 Å². The van der Waals surface area contributed by atoms with E-state index in [-0.39, 0.29) is 28.9 Å². The number of nitrogens with zero attached hydrogens (tertiary/aromatic N) is 8. The number of fused-ring (bicyclic) bond motifs is 2. The quantitative estimate of drug-likeness (QED) is 0.140. The van der Waals surface area contributed by atoms with Crippen molar-refractivity contribution in [1.82, 2.24) is 34.4 Å². The van der Waals surface area contributed by atoms with E-state index < -0.39 is 29.2 Å². The summed E-state index contributed by atoms with van der Waals surface area (Å²) >= 11 is 2.22. The lowest BCUT2D eigenvalue weighted by Crippen LogP contribution is -2.71. The third kappa shape index (κ3) is 4.01. The van der Waals surface area contributed by atoms with Gasteiger partial charge in [0.1, 0.15) is 24.2 Å². The van der Waals surface area contributed by atoms with E-state index in [0.717, 1.165) is 17.2 Å². The van der Waals surface area contributed by atoms with E-state index in [1.165, 1.54) is 28.4 Å². The summed E-state index contributed by atoms with van der Waals surface area (Å²) in [6.07, 6.45) is 1.56. The Labute approximate surface area is 210 Å². The summed E-state index contributed by atoms with van der Waals surface area (Å²) in [7, 11) is 1.25. The van der Waals surface area contributed by atoms with E-state index in [1.54, 1.807) is 10.9 Å². The van der Waals surface area contributed by atoms with Crippen molar-refractivity contribution in [1.29, 1.82) is 0 Å². The number of β-lactam (4-membered cyclic amide) rings is 1. The maximum atomic E-state index is 13.0. The van der Waals surface area contributed by atoms with Crippen LogP contribution >= 0.6 is 23.3 Å². The van der Waals surface area contributed by atoms with Gasteiger partial charge in [-0.05, 0) is 13.0 Å². The Morgan fingerprint density at radius 3 is 2.92 bits per heavy atom. The molecule has 3 aromatic rings. The van der Waals surface area contributed by atoms with Crippen LogP contribution in [0.2, 0.25) is 0 Å². The van der Waals surface area contributed by atoms with Gasteiger partial charge in [-0.25, -0.2) is 9.36 Å². The summed E-state index contributed by atoms with van der Waals surface area (Å²) in [5.41, 5.74) is 7.21. The van der Waals surface area contributed by atoms with Crippen LogP contribution in [0.4, 0.5) is 5.13 Å². The minimum Gasteiger partial charge on any atom is -0.477 e. The number of nitrogens with two attached hydrogens (primary N) is 1. The molecular weight excluding hydrogens is 512 g/mol. The molecule has 0 bridgehead atoms. The number of hydrogen-bond acceptors (Lipinski definition) is 12. The highest BCUT2D eigenvalue weighted by atomic mass is 32.2. The maximum Gasteiger partial charge on any atom is 0.352 e. The number of amides is 2. The average Bonchev–Trinajstić information content (AvgIpc) is 3.45. The standard InChI is InChI=1S/C19H18N10O5S2/c1-8-3-4-10-27(7-21-29(10)24-8)5-9-6-35-17-12(16(31)28(17)13(9)18(32)33)22-15(30)11(25-34-2)14-23-19(20)36-26-14/h3-4,7,12,17H,5-6H2,1-2H3,(H3-,20,22,23,26,30,32,33)/p+1/b25-11-/t12?,17-/m1/s1. The first-order valence-electron chi connectivity index (χ1n) is 10.4. The van der Waals surface area contributed by atoms with Crippen LogP contribution in [0.15, 0.2) is 34.9 Å². The van der Waals surface area contributed by atoms with Crippen molar-refractivity contribution in [2.24, 2.45) is 5.16 Å². The molecule has 0 aromatic carbocycles. The van der Waals surface area contributed by atoms with E-state index in [1.807, 2.05) is 19.1 Å². The summed E-state index contributed by atoms with van der Waals surface area (Å²) in [5, 5.41) is 24.2. The molecule has 1 unspecified atom stereocenters. The van der Waals surface area contributed by atoms with Crippen molar-refractivity contribution in [3.63, 3.8) is 0 Å². The number of nitrogen functional groups attached to an aromatic ring is 1. The van der Waals surface area contributed by atoms with E-state index >= 15 is 0 Å². The maximum absolute atomic E-state index is 13.0. The van der Waals surface area contributed by atoms with Crippen molar-refractivity contribution in [3.8, 4) is 0 Å². The van der Waals surface area contributed by atoms with Gasteiger partial charge in [-0.1, -0.05) is 10.3 Å².